The molecule has 0 fully saturated rings. The highest BCUT2D eigenvalue weighted by Crippen LogP contribution is 2.20. The molecule has 0 spiro atoms. The highest BCUT2D eigenvalue weighted by atomic mass is 35.5. The number of halogens is 3. The van der Waals surface area contributed by atoms with Gasteiger partial charge >= 0.3 is 0 Å². The van der Waals surface area contributed by atoms with Crippen molar-refractivity contribution >= 4 is 41.4 Å². The molecule has 2 rings (SSSR count). The summed E-state index contributed by atoms with van der Waals surface area (Å²) in [4.78, 5) is 3.89. The second-order valence-corrected chi connectivity index (χ2v) is 2.54. The molecule has 0 radical (unpaired) electrons. The molecule has 1 aromatic carbocycles. The maximum atomic E-state index is 13.0. The van der Waals surface area contributed by atoms with Crippen molar-refractivity contribution in [1.82, 2.24) is 4.98 Å². The molecule has 0 aliphatic heterocycles. The third-order valence-corrected chi connectivity index (χ3v) is 1.75. The van der Waals surface area contributed by atoms with Gasteiger partial charge in [0, 0.05) is 17.3 Å². The van der Waals surface area contributed by atoms with E-state index >= 15 is 0 Å². The van der Waals surface area contributed by atoms with Crippen molar-refractivity contribution in [2.45, 2.75) is 0 Å². The number of anilines is 1. The Morgan fingerprint density at radius 3 is 2.50 bits per heavy atom. The number of rotatable bonds is 0. The lowest BCUT2D eigenvalue weighted by Crippen LogP contribution is -1.90. The molecule has 0 saturated heterocycles. The van der Waals surface area contributed by atoms with E-state index in [2.05, 4.69) is 4.98 Å². The first-order chi connectivity index (χ1) is 5.79. The van der Waals surface area contributed by atoms with Crippen molar-refractivity contribution < 1.29 is 4.39 Å². The third-order valence-electron chi connectivity index (χ3n) is 1.75. The minimum absolute atomic E-state index is 0. The lowest BCUT2D eigenvalue weighted by molar-refractivity contribution is 0.637. The van der Waals surface area contributed by atoms with Gasteiger partial charge in [-0.1, -0.05) is 0 Å². The number of hydrogen-bond acceptors (Lipinski definition) is 2. The van der Waals surface area contributed by atoms with Crippen LogP contribution in [0.5, 0.6) is 0 Å². The van der Waals surface area contributed by atoms with Crippen LogP contribution in [0.2, 0.25) is 0 Å². The Morgan fingerprint density at radius 2 is 1.86 bits per heavy atom. The predicted octanol–water partition coefficient (Wildman–Crippen LogP) is 2.80. The largest absolute Gasteiger partial charge is 0.398 e. The molecule has 1 heterocycles. The van der Waals surface area contributed by atoms with Crippen LogP contribution in [0, 0.1) is 5.82 Å². The zero-order chi connectivity index (χ0) is 8.55. The number of pyridine rings is 1. The summed E-state index contributed by atoms with van der Waals surface area (Å²) in [6.45, 7) is 0. The summed E-state index contributed by atoms with van der Waals surface area (Å²) in [5.74, 6) is -0.334. The van der Waals surface area contributed by atoms with Gasteiger partial charge in [-0.3, -0.25) is 4.98 Å². The topological polar surface area (TPSA) is 38.9 Å². The van der Waals surface area contributed by atoms with Gasteiger partial charge in [0.2, 0.25) is 0 Å². The maximum absolute atomic E-state index is 13.0. The molecule has 2 N–H and O–H groups in total. The Balaban J connectivity index is 0.000000845. The number of fused-ring (bicyclic) bond motifs is 1. The van der Waals surface area contributed by atoms with Gasteiger partial charge in [-0.05, 0) is 24.3 Å². The number of benzene rings is 1. The molecule has 0 saturated carbocycles. The third kappa shape index (κ3) is 2.05. The molecule has 14 heavy (non-hydrogen) atoms. The zero-order valence-corrected chi connectivity index (χ0v) is 8.74. The van der Waals surface area contributed by atoms with E-state index in [0.29, 0.717) is 16.6 Å². The molecule has 76 valence electrons. The minimum atomic E-state index is -0.334. The van der Waals surface area contributed by atoms with Crippen LogP contribution < -0.4 is 5.73 Å². The van der Waals surface area contributed by atoms with Crippen molar-refractivity contribution in [1.29, 1.82) is 0 Å². The van der Waals surface area contributed by atoms with Gasteiger partial charge in [0.15, 0.2) is 0 Å². The Bertz CT molecular complexity index is 394. The van der Waals surface area contributed by atoms with E-state index in [0.717, 1.165) is 0 Å². The van der Waals surface area contributed by atoms with E-state index in [1.807, 2.05) is 0 Å². The normalized spacial score (nSPS) is 8.93. The molecule has 2 nitrogen and oxygen atoms in total. The van der Waals surface area contributed by atoms with Crippen LogP contribution in [-0.2, 0) is 0 Å². The number of hydrogen-bond donors (Lipinski definition) is 1. The van der Waals surface area contributed by atoms with Crippen LogP contribution in [0.15, 0.2) is 30.5 Å². The molecule has 1 aromatic heterocycles. The number of aromatic nitrogens is 1. The molecule has 2 aromatic rings. The predicted molar refractivity (Wildman–Crippen MR) is 60.6 cm³/mol. The van der Waals surface area contributed by atoms with Gasteiger partial charge in [0.1, 0.15) is 11.3 Å². The van der Waals surface area contributed by atoms with E-state index in [1.54, 1.807) is 24.4 Å². The summed E-state index contributed by atoms with van der Waals surface area (Å²) in [7, 11) is 0. The molecule has 5 heteroatoms. The van der Waals surface area contributed by atoms with E-state index < -0.39 is 0 Å². The van der Waals surface area contributed by atoms with E-state index in [4.69, 9.17) is 5.73 Å². The van der Waals surface area contributed by atoms with Crippen LogP contribution in [0.4, 0.5) is 10.1 Å². The molecule has 0 atom stereocenters. The molecule has 0 unspecified atom stereocenters. The van der Waals surface area contributed by atoms with Crippen LogP contribution in [0.1, 0.15) is 0 Å². The second-order valence-electron chi connectivity index (χ2n) is 2.54. The Hall–Kier alpha value is -1.06. The van der Waals surface area contributed by atoms with Gasteiger partial charge in [-0.25, -0.2) is 4.39 Å². The maximum Gasteiger partial charge on any atom is 0.149 e. The Kier molecular flexibility index (Phi) is 4.60. The molecular formula is C9H9Cl2FN2. The number of nitrogen functional groups attached to an aromatic ring is 1. The van der Waals surface area contributed by atoms with Crippen molar-refractivity contribution in [3.05, 3.63) is 36.3 Å². The van der Waals surface area contributed by atoms with Gasteiger partial charge in [0.25, 0.3) is 0 Å². The molecule has 0 amide bonds. The van der Waals surface area contributed by atoms with E-state index in [-0.39, 0.29) is 30.6 Å². The smallest absolute Gasteiger partial charge is 0.149 e. The first-order valence-corrected chi connectivity index (χ1v) is 3.58. The SMILES string of the molecule is Cl.Cl.Nc1ccc(F)c2ncccc12. The van der Waals surface area contributed by atoms with Crippen LogP contribution in [0.25, 0.3) is 10.9 Å². The fourth-order valence-electron chi connectivity index (χ4n) is 1.16. The van der Waals surface area contributed by atoms with Gasteiger partial charge in [-0.15, -0.1) is 24.8 Å². The van der Waals surface area contributed by atoms with E-state index in [1.165, 1.54) is 6.07 Å². The van der Waals surface area contributed by atoms with Crippen molar-refractivity contribution in [3.63, 3.8) is 0 Å². The van der Waals surface area contributed by atoms with Gasteiger partial charge < -0.3 is 5.73 Å². The summed E-state index contributed by atoms with van der Waals surface area (Å²) >= 11 is 0. The summed E-state index contributed by atoms with van der Waals surface area (Å²) in [6, 6.07) is 6.35. The van der Waals surface area contributed by atoms with Crippen LogP contribution >= 0.6 is 24.8 Å². The fraction of sp³-hybridized carbons (Fsp3) is 0. The van der Waals surface area contributed by atoms with Gasteiger partial charge in [-0.2, -0.15) is 0 Å². The average Bonchev–Trinajstić information content (AvgIpc) is 2.12. The minimum Gasteiger partial charge on any atom is -0.398 e. The molecule has 0 bridgehead atoms. The fourth-order valence-corrected chi connectivity index (χ4v) is 1.16. The quantitative estimate of drug-likeness (QED) is 0.713. The Morgan fingerprint density at radius 1 is 1.14 bits per heavy atom. The average molecular weight is 235 g/mol. The Labute approximate surface area is 93.1 Å². The summed E-state index contributed by atoms with van der Waals surface area (Å²) in [5, 5.41) is 0.664. The number of nitrogens with zero attached hydrogens (tertiary/aromatic N) is 1. The van der Waals surface area contributed by atoms with Crippen molar-refractivity contribution in [3.8, 4) is 0 Å². The standard InChI is InChI=1S/C9H7FN2.2ClH/c10-7-3-4-8(11)6-2-1-5-12-9(6)7;;/h1-5H,11H2;2*1H. The van der Waals surface area contributed by atoms with Crippen LogP contribution in [0.3, 0.4) is 0 Å². The zero-order valence-electron chi connectivity index (χ0n) is 7.11. The highest BCUT2D eigenvalue weighted by Gasteiger charge is 2.02. The second kappa shape index (κ2) is 4.98. The first kappa shape index (κ1) is 12.9. The summed E-state index contributed by atoms with van der Waals surface area (Å²) in [5.41, 5.74) is 6.50. The molecule has 0 aliphatic carbocycles. The van der Waals surface area contributed by atoms with Crippen molar-refractivity contribution in [2.24, 2.45) is 0 Å². The van der Waals surface area contributed by atoms with Crippen molar-refractivity contribution in [2.75, 3.05) is 5.73 Å². The molecule has 0 aliphatic rings. The van der Waals surface area contributed by atoms with Crippen LogP contribution in [-0.4, -0.2) is 4.98 Å². The summed E-state index contributed by atoms with van der Waals surface area (Å²) in [6.07, 6.45) is 1.55. The lowest BCUT2D eigenvalue weighted by atomic mass is 10.2. The summed E-state index contributed by atoms with van der Waals surface area (Å²) < 4.78 is 13.0. The molecular weight excluding hydrogens is 226 g/mol. The lowest BCUT2D eigenvalue weighted by Gasteiger charge is -2.00. The monoisotopic (exact) mass is 234 g/mol. The van der Waals surface area contributed by atoms with E-state index in [9.17, 15) is 4.39 Å². The highest BCUT2D eigenvalue weighted by molar-refractivity contribution is 5.90. The van der Waals surface area contributed by atoms with Gasteiger partial charge in [0.05, 0.1) is 0 Å². The first-order valence-electron chi connectivity index (χ1n) is 3.58. The number of nitrogens with two attached hydrogens (primary N) is 1.